The highest BCUT2D eigenvalue weighted by molar-refractivity contribution is 5.92. The monoisotopic (exact) mass is 320 g/mol. The van der Waals surface area contributed by atoms with Crippen LogP contribution in [0.3, 0.4) is 0 Å². The fourth-order valence-electron chi connectivity index (χ4n) is 1.64. The lowest BCUT2D eigenvalue weighted by Crippen LogP contribution is -2.16. The summed E-state index contributed by atoms with van der Waals surface area (Å²) < 4.78 is 48.4. The predicted molar refractivity (Wildman–Crippen MR) is 75.7 cm³/mol. The zero-order valence-corrected chi connectivity index (χ0v) is 12.2. The van der Waals surface area contributed by atoms with Gasteiger partial charge in [0.05, 0.1) is 17.9 Å². The molecule has 3 N–H and O–H groups in total. The van der Waals surface area contributed by atoms with Crippen molar-refractivity contribution in [3.05, 3.63) is 23.8 Å². The molecule has 0 bridgehead atoms. The standard InChI is InChI=1S/C14H19F3N2O3/c1-21-7-8-22-12-5-4-10(14(15,16)17)9-11(12)19-13(20)3-2-6-18/h4-5,9H,2-3,6-8,18H2,1H3,(H,19,20). The molecule has 0 aliphatic rings. The Kier molecular flexibility index (Phi) is 7.13. The summed E-state index contributed by atoms with van der Waals surface area (Å²) in [6.45, 7) is 0.766. The minimum atomic E-state index is -4.50. The smallest absolute Gasteiger partial charge is 0.416 e. The Morgan fingerprint density at radius 3 is 2.64 bits per heavy atom. The molecule has 5 nitrogen and oxygen atoms in total. The van der Waals surface area contributed by atoms with Gasteiger partial charge in [0.1, 0.15) is 12.4 Å². The van der Waals surface area contributed by atoms with Gasteiger partial charge in [-0.25, -0.2) is 0 Å². The SMILES string of the molecule is COCCOc1ccc(C(F)(F)F)cc1NC(=O)CCCN. The summed E-state index contributed by atoms with van der Waals surface area (Å²) in [4.78, 5) is 11.7. The van der Waals surface area contributed by atoms with Crippen LogP contribution >= 0.6 is 0 Å². The Morgan fingerprint density at radius 1 is 1.32 bits per heavy atom. The molecule has 1 amide bonds. The van der Waals surface area contributed by atoms with E-state index in [9.17, 15) is 18.0 Å². The molecule has 124 valence electrons. The summed E-state index contributed by atoms with van der Waals surface area (Å²) in [6, 6.07) is 2.93. The summed E-state index contributed by atoms with van der Waals surface area (Å²) in [7, 11) is 1.48. The van der Waals surface area contributed by atoms with Crippen molar-refractivity contribution in [2.45, 2.75) is 19.0 Å². The van der Waals surface area contributed by atoms with E-state index in [0.29, 0.717) is 13.0 Å². The summed E-state index contributed by atoms with van der Waals surface area (Å²) in [6.07, 6.45) is -3.92. The zero-order chi connectivity index (χ0) is 16.6. The maximum absolute atomic E-state index is 12.8. The van der Waals surface area contributed by atoms with Crippen molar-refractivity contribution in [1.29, 1.82) is 0 Å². The minimum absolute atomic E-state index is 0.0204. The number of amides is 1. The summed E-state index contributed by atoms with van der Waals surface area (Å²) in [5, 5.41) is 2.42. The van der Waals surface area contributed by atoms with E-state index in [1.165, 1.54) is 13.2 Å². The van der Waals surface area contributed by atoms with E-state index in [0.717, 1.165) is 12.1 Å². The average Bonchev–Trinajstić information content (AvgIpc) is 2.45. The van der Waals surface area contributed by atoms with Crippen molar-refractivity contribution in [3.8, 4) is 5.75 Å². The highest BCUT2D eigenvalue weighted by Gasteiger charge is 2.31. The number of nitrogens with one attached hydrogen (secondary N) is 1. The van der Waals surface area contributed by atoms with Crippen molar-refractivity contribution in [3.63, 3.8) is 0 Å². The number of anilines is 1. The van der Waals surface area contributed by atoms with E-state index >= 15 is 0 Å². The number of benzene rings is 1. The lowest BCUT2D eigenvalue weighted by atomic mass is 10.1. The third-order valence-corrected chi connectivity index (χ3v) is 2.73. The van der Waals surface area contributed by atoms with E-state index in [-0.39, 0.29) is 31.1 Å². The van der Waals surface area contributed by atoms with Crippen LogP contribution in [0.15, 0.2) is 18.2 Å². The second-order valence-electron chi connectivity index (χ2n) is 4.49. The van der Waals surface area contributed by atoms with E-state index in [4.69, 9.17) is 15.2 Å². The van der Waals surface area contributed by atoms with Crippen molar-refractivity contribution in [2.24, 2.45) is 5.73 Å². The first-order valence-electron chi connectivity index (χ1n) is 6.71. The molecule has 0 saturated carbocycles. The molecule has 0 atom stereocenters. The topological polar surface area (TPSA) is 73.6 Å². The summed E-state index contributed by atoms with van der Waals surface area (Å²) in [5.74, 6) is -0.257. The first-order valence-corrected chi connectivity index (χ1v) is 6.71. The predicted octanol–water partition coefficient (Wildman–Crippen LogP) is 2.41. The van der Waals surface area contributed by atoms with Crippen LogP contribution < -0.4 is 15.8 Å². The molecule has 22 heavy (non-hydrogen) atoms. The fourth-order valence-corrected chi connectivity index (χ4v) is 1.64. The molecule has 8 heteroatoms. The fraction of sp³-hybridized carbons (Fsp3) is 0.500. The number of hydrogen-bond donors (Lipinski definition) is 2. The van der Waals surface area contributed by atoms with Gasteiger partial charge in [-0.3, -0.25) is 4.79 Å². The van der Waals surface area contributed by atoms with E-state index in [2.05, 4.69) is 5.32 Å². The maximum atomic E-state index is 12.8. The molecule has 0 spiro atoms. The number of carbonyl (C=O) groups excluding carboxylic acids is 1. The number of carbonyl (C=O) groups is 1. The van der Waals surface area contributed by atoms with Crippen LogP contribution in [0.5, 0.6) is 5.75 Å². The number of halogens is 3. The number of hydrogen-bond acceptors (Lipinski definition) is 4. The van der Waals surface area contributed by atoms with E-state index < -0.39 is 17.6 Å². The van der Waals surface area contributed by atoms with Gasteiger partial charge in [-0.2, -0.15) is 13.2 Å². The summed E-state index contributed by atoms with van der Waals surface area (Å²) in [5.41, 5.74) is 4.41. The molecular weight excluding hydrogens is 301 g/mol. The highest BCUT2D eigenvalue weighted by atomic mass is 19.4. The largest absolute Gasteiger partial charge is 0.489 e. The second kappa shape index (κ2) is 8.60. The lowest BCUT2D eigenvalue weighted by molar-refractivity contribution is -0.137. The molecule has 0 aliphatic carbocycles. The summed E-state index contributed by atoms with van der Waals surface area (Å²) >= 11 is 0. The number of ether oxygens (including phenoxy) is 2. The van der Waals surface area contributed by atoms with Crippen molar-refractivity contribution in [1.82, 2.24) is 0 Å². The van der Waals surface area contributed by atoms with Gasteiger partial charge in [0.2, 0.25) is 5.91 Å². The second-order valence-corrected chi connectivity index (χ2v) is 4.49. The van der Waals surface area contributed by atoms with Gasteiger partial charge >= 0.3 is 6.18 Å². The van der Waals surface area contributed by atoms with Gasteiger partial charge in [-0.05, 0) is 31.2 Å². The Labute approximate surface area is 126 Å². The number of rotatable bonds is 8. The molecule has 0 aromatic heterocycles. The third kappa shape index (κ3) is 5.90. The Hall–Kier alpha value is -1.80. The zero-order valence-electron chi connectivity index (χ0n) is 12.2. The molecule has 0 radical (unpaired) electrons. The van der Waals surface area contributed by atoms with Gasteiger partial charge in [-0.15, -0.1) is 0 Å². The van der Waals surface area contributed by atoms with E-state index in [1.807, 2.05) is 0 Å². The maximum Gasteiger partial charge on any atom is 0.416 e. The molecule has 1 aromatic carbocycles. The normalized spacial score (nSPS) is 11.3. The molecule has 1 aromatic rings. The van der Waals surface area contributed by atoms with Crippen molar-refractivity contribution < 1.29 is 27.4 Å². The number of methoxy groups -OCH3 is 1. The van der Waals surface area contributed by atoms with Crippen LogP contribution in [0.4, 0.5) is 18.9 Å². The van der Waals surface area contributed by atoms with Gasteiger partial charge in [-0.1, -0.05) is 0 Å². The Balaban J connectivity index is 2.92. The quantitative estimate of drug-likeness (QED) is 0.722. The highest BCUT2D eigenvalue weighted by Crippen LogP contribution is 2.35. The van der Waals surface area contributed by atoms with Crippen LogP contribution in [-0.2, 0) is 15.7 Å². The van der Waals surface area contributed by atoms with Gasteiger partial charge in [0, 0.05) is 13.5 Å². The first kappa shape index (κ1) is 18.2. The minimum Gasteiger partial charge on any atom is -0.489 e. The molecule has 0 fully saturated rings. The van der Waals surface area contributed by atoms with Crippen molar-refractivity contribution >= 4 is 11.6 Å². The lowest BCUT2D eigenvalue weighted by Gasteiger charge is -2.15. The third-order valence-electron chi connectivity index (χ3n) is 2.73. The van der Waals surface area contributed by atoms with E-state index in [1.54, 1.807) is 0 Å². The van der Waals surface area contributed by atoms with Gasteiger partial charge in [0.25, 0.3) is 0 Å². The van der Waals surface area contributed by atoms with Crippen LogP contribution in [-0.4, -0.2) is 32.8 Å². The van der Waals surface area contributed by atoms with Crippen LogP contribution in [0.25, 0.3) is 0 Å². The Morgan fingerprint density at radius 2 is 2.05 bits per heavy atom. The molecule has 0 heterocycles. The van der Waals surface area contributed by atoms with Gasteiger partial charge in [0.15, 0.2) is 0 Å². The van der Waals surface area contributed by atoms with Crippen LogP contribution in [0.1, 0.15) is 18.4 Å². The van der Waals surface area contributed by atoms with Crippen LogP contribution in [0.2, 0.25) is 0 Å². The van der Waals surface area contributed by atoms with Crippen LogP contribution in [0, 0.1) is 0 Å². The number of alkyl halides is 3. The number of nitrogens with two attached hydrogens (primary N) is 1. The molecule has 0 aliphatic heterocycles. The molecule has 0 unspecified atom stereocenters. The van der Waals surface area contributed by atoms with Crippen molar-refractivity contribution in [2.75, 3.05) is 32.2 Å². The molecule has 0 saturated heterocycles. The molecule has 1 rings (SSSR count). The van der Waals surface area contributed by atoms with Gasteiger partial charge < -0.3 is 20.5 Å². The molecular formula is C14H19F3N2O3. The Bertz CT molecular complexity index is 493. The first-order chi connectivity index (χ1) is 10.4. The average molecular weight is 320 g/mol.